The maximum absolute atomic E-state index is 11.5. The Kier molecular flexibility index (Phi) is 7.62. The predicted octanol–water partition coefficient (Wildman–Crippen LogP) is 13.8. The van der Waals surface area contributed by atoms with Gasteiger partial charge in [0.05, 0.1) is 5.41 Å². The Morgan fingerprint density at radius 2 is 1.08 bits per heavy atom. The van der Waals surface area contributed by atoms with Crippen LogP contribution < -0.4 is 0 Å². The summed E-state index contributed by atoms with van der Waals surface area (Å²) in [5.74, 6) is 0.717. The smallest absolute Gasteiger partial charge is 0.141 e. The highest BCUT2D eigenvalue weighted by Gasteiger charge is 2.46. The number of aromatic hydroxyl groups is 2. The van der Waals surface area contributed by atoms with E-state index in [1.54, 1.807) is 12.1 Å². The molecule has 5 aliphatic rings. The average Bonchev–Trinajstić information content (AvgIpc) is 3.63. The number of fused-ring (bicyclic) bond motifs is 3. The van der Waals surface area contributed by atoms with E-state index < -0.39 is 5.41 Å². The number of rotatable bonds is 6. The molecule has 0 radical (unpaired) electrons. The molecule has 8 aromatic rings. The zero-order chi connectivity index (χ0) is 41.8. The van der Waals surface area contributed by atoms with E-state index in [2.05, 4.69) is 158 Å². The molecule has 0 amide bonds. The molecule has 2 atom stereocenters. The first kappa shape index (κ1) is 35.7. The topological polar surface area (TPSA) is 65.2 Å². The van der Waals surface area contributed by atoms with Crippen LogP contribution in [0.3, 0.4) is 0 Å². The van der Waals surface area contributed by atoms with E-state index in [1.165, 1.54) is 49.2 Å². The second-order valence-corrected chi connectivity index (χ2v) is 17.2. The van der Waals surface area contributed by atoms with Crippen molar-refractivity contribution in [3.8, 4) is 22.6 Å². The first-order valence-corrected chi connectivity index (χ1v) is 21.6. The van der Waals surface area contributed by atoms with Gasteiger partial charge in [0.15, 0.2) is 0 Å². The van der Waals surface area contributed by atoms with Crippen molar-refractivity contribution < 1.29 is 10.2 Å². The molecule has 0 saturated heterocycles. The van der Waals surface area contributed by atoms with Gasteiger partial charge in [0, 0.05) is 29.8 Å². The van der Waals surface area contributed by atoms with E-state index in [0.29, 0.717) is 17.3 Å². The summed E-state index contributed by atoms with van der Waals surface area (Å²) < 4.78 is 0. The van der Waals surface area contributed by atoms with Crippen LogP contribution in [0.2, 0.25) is 0 Å². The van der Waals surface area contributed by atoms with Crippen LogP contribution in [0.15, 0.2) is 232 Å². The van der Waals surface area contributed by atoms with E-state index in [9.17, 15) is 10.2 Å². The van der Waals surface area contributed by atoms with Gasteiger partial charge >= 0.3 is 0 Å². The van der Waals surface area contributed by atoms with E-state index in [4.69, 9.17) is 9.98 Å². The zero-order valence-corrected chi connectivity index (χ0v) is 34.1. The number of nitrogens with zero attached hydrogens (tertiary/aromatic N) is 2. The number of hydrogen-bond donors (Lipinski definition) is 2. The highest BCUT2D eigenvalue weighted by Crippen LogP contribution is 2.58. The van der Waals surface area contributed by atoms with Gasteiger partial charge in [-0.2, -0.15) is 0 Å². The maximum atomic E-state index is 11.5. The van der Waals surface area contributed by atoms with Gasteiger partial charge in [0.25, 0.3) is 0 Å². The van der Waals surface area contributed by atoms with Crippen LogP contribution in [0.5, 0.6) is 11.5 Å². The van der Waals surface area contributed by atoms with E-state index in [-0.39, 0.29) is 17.4 Å². The van der Waals surface area contributed by atoms with Crippen LogP contribution in [0.1, 0.15) is 27.8 Å². The van der Waals surface area contributed by atoms with Crippen molar-refractivity contribution in [2.24, 2.45) is 21.8 Å². The lowest BCUT2D eigenvalue weighted by molar-refractivity contribution is 0.476. The van der Waals surface area contributed by atoms with Crippen LogP contribution in [0, 0.1) is 11.8 Å². The molecule has 8 aromatic carbocycles. The van der Waals surface area contributed by atoms with Crippen molar-refractivity contribution in [3.63, 3.8) is 0 Å². The fourth-order valence-corrected chi connectivity index (χ4v) is 11.3. The largest absolute Gasteiger partial charge is 0.506 e. The molecule has 63 heavy (non-hydrogen) atoms. The lowest BCUT2D eigenvalue weighted by Gasteiger charge is -2.40. The quantitative estimate of drug-likeness (QED) is 0.130. The van der Waals surface area contributed by atoms with Gasteiger partial charge in [-0.1, -0.05) is 164 Å². The third kappa shape index (κ3) is 5.15. The second kappa shape index (κ2) is 13.5. The van der Waals surface area contributed by atoms with Gasteiger partial charge in [-0.05, 0) is 124 Å². The Balaban J connectivity index is 0.957. The van der Waals surface area contributed by atoms with Crippen molar-refractivity contribution >= 4 is 56.1 Å². The second-order valence-electron chi connectivity index (χ2n) is 17.2. The van der Waals surface area contributed by atoms with Gasteiger partial charge in [-0.15, -0.1) is 0 Å². The summed E-state index contributed by atoms with van der Waals surface area (Å²) >= 11 is 0. The Morgan fingerprint density at radius 1 is 0.492 bits per heavy atom. The molecule has 13 rings (SSSR count). The first-order chi connectivity index (χ1) is 31.0. The third-order valence-electron chi connectivity index (χ3n) is 14.0. The van der Waals surface area contributed by atoms with Gasteiger partial charge in [-0.25, -0.2) is 0 Å². The number of phenols is 2. The average molecular weight is 807 g/mol. The van der Waals surface area contributed by atoms with Gasteiger partial charge in [-0.3, -0.25) is 9.98 Å². The molecule has 0 heterocycles. The third-order valence-corrected chi connectivity index (χ3v) is 14.0. The molecule has 0 spiro atoms. The molecule has 5 aliphatic carbocycles. The summed E-state index contributed by atoms with van der Waals surface area (Å²) in [6.07, 6.45) is 23.7. The highest BCUT2D eigenvalue weighted by molar-refractivity contribution is 6.25. The van der Waals surface area contributed by atoms with Crippen molar-refractivity contribution in [3.05, 3.63) is 250 Å². The predicted molar refractivity (Wildman–Crippen MR) is 258 cm³/mol. The molecule has 4 nitrogen and oxygen atoms in total. The van der Waals surface area contributed by atoms with Crippen molar-refractivity contribution in [1.29, 1.82) is 0 Å². The van der Waals surface area contributed by atoms with Crippen LogP contribution in [-0.2, 0) is 5.41 Å². The lowest BCUT2D eigenvalue weighted by Crippen LogP contribution is -2.30. The molecular formula is C59H38N2O2. The molecule has 296 valence electrons. The van der Waals surface area contributed by atoms with Crippen LogP contribution in [0.4, 0.5) is 11.4 Å². The Hall–Kier alpha value is -8.08. The van der Waals surface area contributed by atoms with E-state index in [1.807, 2.05) is 36.7 Å². The Morgan fingerprint density at radius 3 is 1.78 bits per heavy atom. The van der Waals surface area contributed by atoms with Gasteiger partial charge in [0.2, 0.25) is 0 Å². The van der Waals surface area contributed by atoms with E-state index in [0.717, 1.165) is 49.9 Å². The SMILES string of the molecule is Oc1ccc(C2(c3ccc(O)c(/N=C/c4ccc5ccc6cccc7ccc4c5c67)c3)c3ccccc3-c3ccccc32)cc1/N=C/C1=CC2=CC=CC3=CC=C4C=CC=C1C4[C@@H]32. The van der Waals surface area contributed by atoms with Crippen molar-refractivity contribution in [2.45, 2.75) is 5.41 Å². The Bertz CT molecular complexity index is 3540. The first-order valence-electron chi connectivity index (χ1n) is 21.6. The molecule has 0 bridgehead atoms. The maximum Gasteiger partial charge on any atom is 0.141 e. The minimum absolute atomic E-state index is 0.0930. The van der Waals surface area contributed by atoms with Crippen LogP contribution in [-0.4, -0.2) is 22.6 Å². The van der Waals surface area contributed by atoms with E-state index >= 15 is 0 Å². The summed E-state index contributed by atoms with van der Waals surface area (Å²) in [7, 11) is 0. The summed E-state index contributed by atoms with van der Waals surface area (Å²) in [6, 6.07) is 48.2. The molecule has 0 aromatic heterocycles. The summed E-state index contributed by atoms with van der Waals surface area (Å²) in [4.78, 5) is 10.1. The number of aliphatic imine (C=N–C) groups is 2. The number of hydrogen-bond acceptors (Lipinski definition) is 4. The Labute approximate surface area is 364 Å². The zero-order valence-electron chi connectivity index (χ0n) is 34.1. The molecule has 0 aliphatic heterocycles. The van der Waals surface area contributed by atoms with Gasteiger partial charge < -0.3 is 10.2 Å². The fourth-order valence-electron chi connectivity index (χ4n) is 11.3. The number of allylic oxidation sites excluding steroid dienone is 14. The normalized spacial score (nSPS) is 19.0. The number of benzene rings is 8. The number of phenolic OH excluding ortho intramolecular Hbond substituents is 2. The molecule has 2 N–H and O–H groups in total. The highest BCUT2D eigenvalue weighted by atomic mass is 16.3. The molecule has 1 unspecified atom stereocenters. The lowest BCUT2D eigenvalue weighted by atomic mass is 9.63. The van der Waals surface area contributed by atoms with Crippen molar-refractivity contribution in [2.75, 3.05) is 0 Å². The van der Waals surface area contributed by atoms with Crippen LogP contribution in [0.25, 0.3) is 43.4 Å². The molecule has 4 heteroatoms. The molecule has 0 fully saturated rings. The minimum atomic E-state index is -0.825. The van der Waals surface area contributed by atoms with Crippen LogP contribution >= 0.6 is 0 Å². The molecule has 0 saturated carbocycles. The summed E-state index contributed by atoms with van der Waals surface area (Å²) in [5, 5.41) is 30.2. The van der Waals surface area contributed by atoms with Crippen molar-refractivity contribution in [1.82, 2.24) is 0 Å². The van der Waals surface area contributed by atoms with Gasteiger partial charge in [0.1, 0.15) is 22.9 Å². The minimum Gasteiger partial charge on any atom is -0.506 e. The summed E-state index contributed by atoms with van der Waals surface area (Å²) in [6.45, 7) is 0. The molecular weight excluding hydrogens is 769 g/mol. The summed E-state index contributed by atoms with van der Waals surface area (Å²) in [5.41, 5.74) is 13.7. The standard InChI is InChI=1S/C59H38N2O2/c62-53-28-25-43(31-51(53)60-33-41-23-22-39-21-19-35-8-5-9-37-24-27-46(41)58(39)55(35)37)59(49-16-3-1-13-47(49)48-14-2-4-17-50(48)59)44-26-29-54(63)52(32-44)61-34-42-30-40-12-6-10-36-18-20-38-11-7-15-45(42)57(38)56(36)40/h1-34,56-57,62-63H/b60-33+,61-34+/t56-,57?/m0/s1. The monoisotopic (exact) mass is 806 g/mol. The fraction of sp³-hybridized carbons (Fsp3) is 0.0508.